The summed E-state index contributed by atoms with van der Waals surface area (Å²) in [5.41, 5.74) is 1.33. The molecule has 0 saturated heterocycles. The second-order valence-electron chi connectivity index (χ2n) is 5.56. The highest BCUT2D eigenvalue weighted by atomic mass is 32.2. The lowest BCUT2D eigenvalue weighted by Gasteiger charge is -2.30. The number of amides is 1. The average Bonchev–Trinajstić information content (AvgIpc) is 2.90. The fourth-order valence-corrected chi connectivity index (χ4v) is 3.87. The normalized spacial score (nSPS) is 18.6. The van der Waals surface area contributed by atoms with Crippen molar-refractivity contribution in [2.75, 3.05) is 6.54 Å². The van der Waals surface area contributed by atoms with Gasteiger partial charge in [-0.15, -0.1) is 11.8 Å². The molecular weight excluding hydrogens is 266 g/mol. The van der Waals surface area contributed by atoms with Crippen LogP contribution in [-0.2, 0) is 11.2 Å². The van der Waals surface area contributed by atoms with Crippen LogP contribution >= 0.6 is 11.8 Å². The lowest BCUT2D eigenvalue weighted by molar-refractivity contribution is -0.132. The first kappa shape index (κ1) is 15.4. The molecule has 3 heteroatoms. The number of carbonyl (C=O) groups is 1. The van der Waals surface area contributed by atoms with Crippen LogP contribution in [0, 0.1) is 0 Å². The van der Waals surface area contributed by atoms with Crippen molar-refractivity contribution in [3.63, 3.8) is 0 Å². The number of rotatable bonds is 6. The monoisotopic (exact) mass is 291 g/mol. The highest BCUT2D eigenvalue weighted by Gasteiger charge is 2.32. The van der Waals surface area contributed by atoms with E-state index >= 15 is 0 Å². The summed E-state index contributed by atoms with van der Waals surface area (Å²) in [6, 6.07) is 8.75. The quantitative estimate of drug-likeness (QED) is 0.785. The summed E-state index contributed by atoms with van der Waals surface area (Å²) in [4.78, 5) is 16.2. The number of benzene rings is 1. The molecule has 0 spiro atoms. The number of thioether (sulfide) groups is 1. The Labute approximate surface area is 126 Å². The van der Waals surface area contributed by atoms with Crippen LogP contribution in [0.15, 0.2) is 29.2 Å². The first-order valence-electron chi connectivity index (χ1n) is 7.72. The van der Waals surface area contributed by atoms with Crippen molar-refractivity contribution >= 4 is 17.7 Å². The predicted molar refractivity (Wildman–Crippen MR) is 86.2 cm³/mol. The molecular formula is C17H25NOS. The molecule has 1 aliphatic heterocycles. The summed E-state index contributed by atoms with van der Waals surface area (Å²) in [6.07, 6.45) is 4.15. The maximum absolute atomic E-state index is 12.8. The lowest BCUT2D eigenvalue weighted by Crippen LogP contribution is -2.43. The Morgan fingerprint density at radius 3 is 2.80 bits per heavy atom. The summed E-state index contributed by atoms with van der Waals surface area (Å²) >= 11 is 1.74. The second-order valence-corrected chi connectivity index (χ2v) is 6.81. The molecule has 0 bridgehead atoms. The first-order chi connectivity index (χ1) is 9.67. The van der Waals surface area contributed by atoms with Crippen molar-refractivity contribution in [3.05, 3.63) is 29.8 Å². The molecule has 0 radical (unpaired) electrons. The average molecular weight is 291 g/mol. The Balaban J connectivity index is 2.06. The van der Waals surface area contributed by atoms with E-state index in [1.807, 2.05) is 0 Å². The second kappa shape index (κ2) is 7.16. The van der Waals surface area contributed by atoms with E-state index in [0.717, 1.165) is 32.2 Å². The third-order valence-electron chi connectivity index (χ3n) is 4.08. The molecule has 1 aromatic carbocycles. The molecule has 2 atom stereocenters. The minimum atomic E-state index is 0.0817. The number of unbranched alkanes of at least 4 members (excludes halogenated alkanes) is 1. The zero-order valence-electron chi connectivity index (χ0n) is 12.8. The largest absolute Gasteiger partial charge is 0.339 e. The van der Waals surface area contributed by atoms with E-state index in [0.29, 0.717) is 11.9 Å². The Bertz CT molecular complexity index is 435. The van der Waals surface area contributed by atoms with Gasteiger partial charge in [0.1, 0.15) is 0 Å². The SMILES string of the molecule is CCCCN(C(=O)C1Cc2ccccc2S1)C(C)CC. The minimum absolute atomic E-state index is 0.0817. The molecule has 1 amide bonds. The zero-order chi connectivity index (χ0) is 14.5. The molecule has 2 unspecified atom stereocenters. The van der Waals surface area contributed by atoms with Crippen molar-refractivity contribution in [2.24, 2.45) is 0 Å². The summed E-state index contributed by atoms with van der Waals surface area (Å²) < 4.78 is 0. The van der Waals surface area contributed by atoms with Gasteiger partial charge in [-0.05, 0) is 37.8 Å². The number of nitrogens with zero attached hydrogens (tertiary/aromatic N) is 1. The van der Waals surface area contributed by atoms with Gasteiger partial charge in [0.2, 0.25) is 5.91 Å². The molecule has 2 rings (SSSR count). The Morgan fingerprint density at radius 1 is 1.40 bits per heavy atom. The van der Waals surface area contributed by atoms with Crippen LogP contribution in [0.2, 0.25) is 0 Å². The van der Waals surface area contributed by atoms with Gasteiger partial charge in [0.25, 0.3) is 0 Å². The topological polar surface area (TPSA) is 20.3 Å². The van der Waals surface area contributed by atoms with Gasteiger partial charge >= 0.3 is 0 Å². The lowest BCUT2D eigenvalue weighted by atomic mass is 10.1. The minimum Gasteiger partial charge on any atom is -0.339 e. The molecule has 2 nitrogen and oxygen atoms in total. The van der Waals surface area contributed by atoms with E-state index in [-0.39, 0.29) is 5.25 Å². The van der Waals surface area contributed by atoms with Gasteiger partial charge in [-0.1, -0.05) is 38.5 Å². The molecule has 20 heavy (non-hydrogen) atoms. The van der Waals surface area contributed by atoms with Crippen LogP contribution < -0.4 is 0 Å². The van der Waals surface area contributed by atoms with E-state index in [1.54, 1.807) is 11.8 Å². The van der Waals surface area contributed by atoms with E-state index in [1.165, 1.54) is 10.5 Å². The van der Waals surface area contributed by atoms with E-state index in [4.69, 9.17) is 0 Å². The highest BCUT2D eigenvalue weighted by molar-refractivity contribution is 8.01. The third kappa shape index (κ3) is 3.38. The maximum Gasteiger partial charge on any atom is 0.236 e. The van der Waals surface area contributed by atoms with Crippen LogP contribution in [0.5, 0.6) is 0 Å². The molecule has 0 fully saturated rings. The van der Waals surface area contributed by atoms with Crippen molar-refractivity contribution < 1.29 is 4.79 Å². The fraction of sp³-hybridized carbons (Fsp3) is 0.588. The number of hydrogen-bond acceptors (Lipinski definition) is 2. The van der Waals surface area contributed by atoms with Gasteiger partial charge < -0.3 is 4.90 Å². The van der Waals surface area contributed by atoms with Crippen LogP contribution in [-0.4, -0.2) is 28.6 Å². The summed E-state index contributed by atoms with van der Waals surface area (Å²) in [7, 11) is 0. The van der Waals surface area contributed by atoms with Crippen molar-refractivity contribution in [1.29, 1.82) is 0 Å². The Kier molecular flexibility index (Phi) is 5.53. The van der Waals surface area contributed by atoms with Gasteiger partial charge in [0.05, 0.1) is 5.25 Å². The molecule has 0 aromatic heterocycles. The molecule has 110 valence electrons. The smallest absolute Gasteiger partial charge is 0.236 e. The van der Waals surface area contributed by atoms with Gasteiger partial charge in [0.15, 0.2) is 0 Å². The van der Waals surface area contributed by atoms with E-state index in [9.17, 15) is 4.79 Å². The van der Waals surface area contributed by atoms with E-state index in [2.05, 4.69) is 49.9 Å². The molecule has 0 N–H and O–H groups in total. The number of fused-ring (bicyclic) bond motifs is 1. The van der Waals surface area contributed by atoms with Gasteiger partial charge in [-0.3, -0.25) is 4.79 Å². The summed E-state index contributed by atoms with van der Waals surface area (Å²) in [5, 5.41) is 0.0817. The molecule has 0 aliphatic carbocycles. The summed E-state index contributed by atoms with van der Waals surface area (Å²) in [5.74, 6) is 0.328. The van der Waals surface area contributed by atoms with Gasteiger partial charge in [0, 0.05) is 17.5 Å². The highest BCUT2D eigenvalue weighted by Crippen LogP contribution is 2.37. The molecule has 1 aromatic rings. The summed E-state index contributed by atoms with van der Waals surface area (Å²) in [6.45, 7) is 7.41. The Morgan fingerprint density at radius 2 is 2.15 bits per heavy atom. The zero-order valence-corrected chi connectivity index (χ0v) is 13.6. The number of carbonyl (C=O) groups excluding carboxylic acids is 1. The molecule has 1 heterocycles. The fourth-order valence-electron chi connectivity index (χ4n) is 2.60. The maximum atomic E-state index is 12.8. The standard InChI is InChI=1S/C17H25NOS/c1-4-6-11-18(13(3)5-2)17(19)16-12-14-9-7-8-10-15(14)20-16/h7-10,13,16H,4-6,11-12H2,1-3H3. The van der Waals surface area contributed by atoms with Crippen molar-refractivity contribution in [2.45, 2.75) is 62.6 Å². The van der Waals surface area contributed by atoms with Crippen molar-refractivity contribution in [1.82, 2.24) is 4.90 Å². The van der Waals surface area contributed by atoms with Crippen LogP contribution in [0.1, 0.15) is 45.6 Å². The van der Waals surface area contributed by atoms with Crippen molar-refractivity contribution in [3.8, 4) is 0 Å². The molecule has 0 saturated carbocycles. The molecule has 1 aliphatic rings. The van der Waals surface area contributed by atoms with Gasteiger partial charge in [-0.2, -0.15) is 0 Å². The van der Waals surface area contributed by atoms with Gasteiger partial charge in [-0.25, -0.2) is 0 Å². The van der Waals surface area contributed by atoms with E-state index < -0.39 is 0 Å². The third-order valence-corrected chi connectivity index (χ3v) is 5.39. The van der Waals surface area contributed by atoms with Crippen LogP contribution in [0.4, 0.5) is 0 Å². The number of hydrogen-bond donors (Lipinski definition) is 0. The van der Waals surface area contributed by atoms with Crippen LogP contribution in [0.25, 0.3) is 0 Å². The predicted octanol–water partition coefficient (Wildman–Crippen LogP) is 4.13. The Hall–Kier alpha value is -0.960. The first-order valence-corrected chi connectivity index (χ1v) is 8.60. The van der Waals surface area contributed by atoms with Crippen LogP contribution in [0.3, 0.4) is 0 Å².